The molecular weight excluding hydrogens is 247 g/mol. The van der Waals surface area contributed by atoms with Gasteiger partial charge in [0.2, 0.25) is 0 Å². The van der Waals surface area contributed by atoms with Crippen LogP contribution >= 0.6 is 11.8 Å². The van der Waals surface area contributed by atoms with Crippen LogP contribution in [0.5, 0.6) is 0 Å². The van der Waals surface area contributed by atoms with Gasteiger partial charge in [-0.25, -0.2) is 4.39 Å². The van der Waals surface area contributed by atoms with Crippen molar-refractivity contribution >= 4 is 11.8 Å². The van der Waals surface area contributed by atoms with Gasteiger partial charge in [-0.15, -0.1) is 0 Å². The SMILES string of the molecule is Cc1ccc(C(CN)N(C)C2CCSC2)cc1F. The first-order chi connectivity index (χ1) is 8.63. The summed E-state index contributed by atoms with van der Waals surface area (Å²) < 4.78 is 13.7. The van der Waals surface area contributed by atoms with Crippen molar-refractivity contribution in [2.24, 2.45) is 5.73 Å². The van der Waals surface area contributed by atoms with Gasteiger partial charge in [-0.1, -0.05) is 12.1 Å². The first-order valence-electron chi connectivity index (χ1n) is 6.39. The van der Waals surface area contributed by atoms with E-state index < -0.39 is 0 Å². The number of likely N-dealkylation sites (N-methyl/N-ethyl adjacent to an activating group) is 1. The molecule has 1 fully saturated rings. The number of hydrogen-bond acceptors (Lipinski definition) is 3. The van der Waals surface area contributed by atoms with E-state index in [1.165, 1.54) is 12.2 Å². The molecule has 2 rings (SSSR count). The zero-order chi connectivity index (χ0) is 13.1. The average molecular weight is 268 g/mol. The van der Waals surface area contributed by atoms with Crippen molar-refractivity contribution in [1.29, 1.82) is 0 Å². The molecule has 2 atom stereocenters. The maximum atomic E-state index is 13.7. The summed E-state index contributed by atoms with van der Waals surface area (Å²) in [7, 11) is 2.10. The van der Waals surface area contributed by atoms with E-state index >= 15 is 0 Å². The molecule has 1 aliphatic rings. The van der Waals surface area contributed by atoms with Crippen LogP contribution in [0.3, 0.4) is 0 Å². The normalized spacial score (nSPS) is 21.5. The van der Waals surface area contributed by atoms with Crippen molar-refractivity contribution < 1.29 is 4.39 Å². The molecule has 18 heavy (non-hydrogen) atoms. The molecule has 0 aliphatic carbocycles. The molecule has 0 radical (unpaired) electrons. The third-order valence-corrected chi connectivity index (χ3v) is 4.92. The fourth-order valence-electron chi connectivity index (χ4n) is 2.45. The van der Waals surface area contributed by atoms with Crippen LogP contribution in [0.1, 0.15) is 23.6 Å². The zero-order valence-electron chi connectivity index (χ0n) is 11.0. The predicted molar refractivity (Wildman–Crippen MR) is 76.4 cm³/mol. The number of aryl methyl sites for hydroxylation is 1. The van der Waals surface area contributed by atoms with E-state index in [-0.39, 0.29) is 11.9 Å². The van der Waals surface area contributed by atoms with Gasteiger partial charge < -0.3 is 5.73 Å². The van der Waals surface area contributed by atoms with E-state index in [1.807, 2.05) is 23.9 Å². The monoisotopic (exact) mass is 268 g/mol. The summed E-state index contributed by atoms with van der Waals surface area (Å²) in [5.41, 5.74) is 7.57. The Bertz CT molecular complexity index is 405. The summed E-state index contributed by atoms with van der Waals surface area (Å²) in [4.78, 5) is 2.31. The Morgan fingerprint density at radius 1 is 1.56 bits per heavy atom. The minimum absolute atomic E-state index is 0.115. The molecule has 0 saturated carbocycles. The van der Waals surface area contributed by atoms with Crippen LogP contribution < -0.4 is 5.73 Å². The maximum Gasteiger partial charge on any atom is 0.126 e. The Morgan fingerprint density at radius 2 is 2.33 bits per heavy atom. The first-order valence-corrected chi connectivity index (χ1v) is 7.54. The number of hydrogen-bond donors (Lipinski definition) is 1. The number of halogens is 1. The molecule has 4 heteroatoms. The van der Waals surface area contributed by atoms with Gasteiger partial charge >= 0.3 is 0 Å². The van der Waals surface area contributed by atoms with Crippen LogP contribution in [0, 0.1) is 12.7 Å². The maximum absolute atomic E-state index is 13.7. The molecule has 0 spiro atoms. The van der Waals surface area contributed by atoms with Gasteiger partial charge in [0.15, 0.2) is 0 Å². The van der Waals surface area contributed by atoms with Crippen molar-refractivity contribution in [2.45, 2.75) is 25.4 Å². The minimum atomic E-state index is -0.139. The van der Waals surface area contributed by atoms with E-state index in [2.05, 4.69) is 11.9 Å². The summed E-state index contributed by atoms with van der Waals surface area (Å²) in [6.07, 6.45) is 1.20. The lowest BCUT2D eigenvalue weighted by molar-refractivity contribution is 0.192. The molecular formula is C14H21FN2S. The standard InChI is InChI=1S/C14H21FN2S/c1-10-3-4-11(7-13(10)15)14(8-16)17(2)12-5-6-18-9-12/h3-4,7,12,14H,5-6,8-9,16H2,1-2H3. The lowest BCUT2D eigenvalue weighted by Crippen LogP contribution is -2.38. The van der Waals surface area contributed by atoms with Crippen LogP contribution in [0.25, 0.3) is 0 Å². The topological polar surface area (TPSA) is 29.3 Å². The fourth-order valence-corrected chi connectivity index (χ4v) is 3.73. The molecule has 2 N–H and O–H groups in total. The highest BCUT2D eigenvalue weighted by molar-refractivity contribution is 7.99. The molecule has 0 aromatic heterocycles. The largest absolute Gasteiger partial charge is 0.329 e. The van der Waals surface area contributed by atoms with Gasteiger partial charge in [-0.3, -0.25) is 4.90 Å². The van der Waals surface area contributed by atoms with Gasteiger partial charge in [0.1, 0.15) is 5.82 Å². The van der Waals surface area contributed by atoms with Crippen molar-refractivity contribution in [1.82, 2.24) is 4.90 Å². The third kappa shape index (κ3) is 2.87. The molecule has 1 aliphatic heterocycles. The average Bonchev–Trinajstić information content (AvgIpc) is 2.88. The molecule has 2 nitrogen and oxygen atoms in total. The van der Waals surface area contributed by atoms with Crippen molar-refractivity contribution in [3.63, 3.8) is 0 Å². The molecule has 1 saturated heterocycles. The van der Waals surface area contributed by atoms with E-state index in [0.29, 0.717) is 18.2 Å². The number of benzene rings is 1. The van der Waals surface area contributed by atoms with Crippen molar-refractivity contribution in [3.05, 3.63) is 35.1 Å². The fraction of sp³-hybridized carbons (Fsp3) is 0.571. The van der Waals surface area contributed by atoms with E-state index in [0.717, 1.165) is 11.3 Å². The summed E-state index contributed by atoms with van der Waals surface area (Å²) >= 11 is 1.98. The molecule has 1 heterocycles. The van der Waals surface area contributed by atoms with Crippen LogP contribution in [0.2, 0.25) is 0 Å². The first kappa shape index (κ1) is 13.8. The molecule has 2 unspecified atom stereocenters. The van der Waals surface area contributed by atoms with Crippen molar-refractivity contribution in [2.75, 3.05) is 25.1 Å². The van der Waals surface area contributed by atoms with Gasteiger partial charge in [-0.2, -0.15) is 11.8 Å². The second-order valence-electron chi connectivity index (χ2n) is 4.94. The van der Waals surface area contributed by atoms with E-state index in [1.54, 1.807) is 13.0 Å². The molecule has 0 bridgehead atoms. The Morgan fingerprint density at radius 3 is 2.89 bits per heavy atom. The number of thioether (sulfide) groups is 1. The van der Waals surface area contributed by atoms with E-state index in [9.17, 15) is 4.39 Å². The third-order valence-electron chi connectivity index (χ3n) is 3.78. The van der Waals surface area contributed by atoms with Gasteiger partial charge in [0.25, 0.3) is 0 Å². The van der Waals surface area contributed by atoms with Crippen LogP contribution in [-0.4, -0.2) is 36.0 Å². The predicted octanol–water partition coefficient (Wildman–Crippen LogP) is 2.57. The molecule has 1 aromatic rings. The van der Waals surface area contributed by atoms with Crippen molar-refractivity contribution in [3.8, 4) is 0 Å². The van der Waals surface area contributed by atoms with Crippen LogP contribution in [0.4, 0.5) is 4.39 Å². The number of rotatable bonds is 4. The highest BCUT2D eigenvalue weighted by Gasteiger charge is 2.26. The zero-order valence-corrected chi connectivity index (χ0v) is 11.8. The summed E-state index contributed by atoms with van der Waals surface area (Å²) in [6.45, 7) is 2.31. The number of nitrogens with zero attached hydrogens (tertiary/aromatic N) is 1. The summed E-state index contributed by atoms with van der Waals surface area (Å²) in [5.74, 6) is 2.23. The molecule has 1 aromatic carbocycles. The Balaban J connectivity index is 2.18. The van der Waals surface area contributed by atoms with Gasteiger partial charge in [-0.05, 0) is 43.3 Å². The Hall–Kier alpha value is -0.580. The quantitative estimate of drug-likeness (QED) is 0.910. The highest BCUT2D eigenvalue weighted by atomic mass is 32.2. The lowest BCUT2D eigenvalue weighted by Gasteiger charge is -2.32. The minimum Gasteiger partial charge on any atom is -0.329 e. The second kappa shape index (κ2) is 6.04. The summed E-state index contributed by atoms with van der Waals surface area (Å²) in [6, 6.07) is 6.14. The second-order valence-corrected chi connectivity index (χ2v) is 6.09. The van der Waals surface area contributed by atoms with Gasteiger partial charge in [0.05, 0.1) is 0 Å². The van der Waals surface area contributed by atoms with Crippen LogP contribution in [0.15, 0.2) is 18.2 Å². The van der Waals surface area contributed by atoms with Gasteiger partial charge in [0, 0.05) is 24.4 Å². The number of nitrogens with two attached hydrogens (primary N) is 1. The Kier molecular flexibility index (Phi) is 4.65. The van der Waals surface area contributed by atoms with Crippen LogP contribution in [-0.2, 0) is 0 Å². The summed E-state index contributed by atoms with van der Waals surface area (Å²) in [5, 5.41) is 0. The lowest BCUT2D eigenvalue weighted by atomic mass is 10.0. The Labute approximate surface area is 113 Å². The molecule has 100 valence electrons. The van der Waals surface area contributed by atoms with E-state index in [4.69, 9.17) is 5.73 Å². The molecule has 0 amide bonds. The smallest absolute Gasteiger partial charge is 0.126 e. The highest BCUT2D eigenvalue weighted by Crippen LogP contribution is 2.28.